The maximum absolute atomic E-state index is 5.41. The monoisotopic (exact) mass is 191 g/mol. The SMILES string of the molecule is Nc1nccc(NCc2ccon2)n1. The van der Waals surface area contributed by atoms with Gasteiger partial charge in [0.1, 0.15) is 17.8 Å². The molecule has 2 heterocycles. The summed E-state index contributed by atoms with van der Waals surface area (Å²) in [6, 6.07) is 3.51. The van der Waals surface area contributed by atoms with Crippen molar-refractivity contribution in [2.45, 2.75) is 6.54 Å². The van der Waals surface area contributed by atoms with Crippen LogP contribution in [-0.4, -0.2) is 15.1 Å². The van der Waals surface area contributed by atoms with E-state index in [1.54, 1.807) is 18.3 Å². The Bertz CT molecular complexity index is 400. The zero-order chi connectivity index (χ0) is 9.80. The van der Waals surface area contributed by atoms with Gasteiger partial charge in [-0.05, 0) is 6.07 Å². The van der Waals surface area contributed by atoms with E-state index in [1.165, 1.54) is 6.26 Å². The summed E-state index contributed by atoms with van der Waals surface area (Å²) in [5, 5.41) is 6.78. The molecule has 0 aromatic carbocycles. The fourth-order valence-corrected chi connectivity index (χ4v) is 0.982. The molecule has 0 atom stereocenters. The molecule has 0 aliphatic carbocycles. The van der Waals surface area contributed by atoms with Gasteiger partial charge in [-0.25, -0.2) is 4.98 Å². The Balaban J connectivity index is 1.98. The van der Waals surface area contributed by atoms with E-state index in [2.05, 4.69) is 25.0 Å². The number of nitrogens with two attached hydrogens (primary N) is 1. The molecule has 0 unspecified atom stereocenters. The number of anilines is 2. The van der Waals surface area contributed by atoms with E-state index >= 15 is 0 Å². The van der Waals surface area contributed by atoms with Gasteiger partial charge in [0.2, 0.25) is 5.95 Å². The zero-order valence-corrected chi connectivity index (χ0v) is 7.34. The third-order valence-corrected chi connectivity index (χ3v) is 1.62. The van der Waals surface area contributed by atoms with Crippen molar-refractivity contribution in [2.75, 3.05) is 11.1 Å². The van der Waals surface area contributed by atoms with Crippen LogP contribution < -0.4 is 11.1 Å². The molecular formula is C8H9N5O. The van der Waals surface area contributed by atoms with E-state index in [0.29, 0.717) is 12.4 Å². The first-order valence-corrected chi connectivity index (χ1v) is 4.06. The smallest absolute Gasteiger partial charge is 0.221 e. The summed E-state index contributed by atoms with van der Waals surface area (Å²) >= 11 is 0. The van der Waals surface area contributed by atoms with Crippen LogP contribution in [0.2, 0.25) is 0 Å². The lowest BCUT2D eigenvalue weighted by Gasteiger charge is -2.02. The highest BCUT2D eigenvalue weighted by Gasteiger charge is 1.97. The molecule has 14 heavy (non-hydrogen) atoms. The Morgan fingerprint density at radius 2 is 2.36 bits per heavy atom. The number of nitrogens with zero attached hydrogens (tertiary/aromatic N) is 3. The van der Waals surface area contributed by atoms with Crippen LogP contribution in [0, 0.1) is 0 Å². The van der Waals surface area contributed by atoms with Crippen molar-refractivity contribution in [1.82, 2.24) is 15.1 Å². The Labute approximate surface area is 80.1 Å². The van der Waals surface area contributed by atoms with Crippen LogP contribution in [0.5, 0.6) is 0 Å². The van der Waals surface area contributed by atoms with Gasteiger partial charge in [0.05, 0.1) is 6.54 Å². The van der Waals surface area contributed by atoms with Crippen LogP contribution in [0.15, 0.2) is 29.1 Å². The van der Waals surface area contributed by atoms with Gasteiger partial charge in [0.25, 0.3) is 0 Å². The van der Waals surface area contributed by atoms with E-state index in [0.717, 1.165) is 5.69 Å². The van der Waals surface area contributed by atoms with Gasteiger partial charge in [-0.2, -0.15) is 4.98 Å². The van der Waals surface area contributed by atoms with Crippen LogP contribution in [0.1, 0.15) is 5.69 Å². The lowest BCUT2D eigenvalue weighted by atomic mass is 10.4. The summed E-state index contributed by atoms with van der Waals surface area (Å²) in [5.41, 5.74) is 6.22. The molecule has 2 aromatic heterocycles. The molecule has 6 heteroatoms. The third kappa shape index (κ3) is 1.98. The van der Waals surface area contributed by atoms with E-state index in [9.17, 15) is 0 Å². The van der Waals surface area contributed by atoms with Gasteiger partial charge < -0.3 is 15.6 Å². The maximum atomic E-state index is 5.41. The van der Waals surface area contributed by atoms with Crippen molar-refractivity contribution in [3.05, 3.63) is 30.3 Å². The molecule has 0 bridgehead atoms. The summed E-state index contributed by atoms with van der Waals surface area (Å²) in [4.78, 5) is 7.75. The highest BCUT2D eigenvalue weighted by Crippen LogP contribution is 2.04. The fourth-order valence-electron chi connectivity index (χ4n) is 0.982. The quantitative estimate of drug-likeness (QED) is 0.740. The summed E-state index contributed by atoms with van der Waals surface area (Å²) < 4.78 is 4.68. The highest BCUT2D eigenvalue weighted by molar-refractivity contribution is 5.37. The summed E-state index contributed by atoms with van der Waals surface area (Å²) in [5.74, 6) is 0.913. The number of rotatable bonds is 3. The number of nitrogen functional groups attached to an aromatic ring is 1. The molecule has 3 N–H and O–H groups in total. The van der Waals surface area contributed by atoms with E-state index in [4.69, 9.17) is 5.73 Å². The number of nitrogens with one attached hydrogen (secondary N) is 1. The third-order valence-electron chi connectivity index (χ3n) is 1.62. The second kappa shape index (κ2) is 3.73. The largest absolute Gasteiger partial charge is 0.368 e. The van der Waals surface area contributed by atoms with Crippen molar-refractivity contribution in [2.24, 2.45) is 0 Å². The minimum atomic E-state index is 0.246. The highest BCUT2D eigenvalue weighted by atomic mass is 16.5. The molecule has 0 saturated heterocycles. The van der Waals surface area contributed by atoms with E-state index in [1.807, 2.05) is 0 Å². The maximum Gasteiger partial charge on any atom is 0.221 e. The molecule has 0 aliphatic heterocycles. The van der Waals surface area contributed by atoms with Gasteiger partial charge in [0, 0.05) is 12.3 Å². The Hall–Kier alpha value is -2.11. The number of hydrogen-bond donors (Lipinski definition) is 2. The molecule has 0 radical (unpaired) electrons. The van der Waals surface area contributed by atoms with E-state index in [-0.39, 0.29) is 5.95 Å². The normalized spacial score (nSPS) is 10.0. The molecule has 2 aromatic rings. The van der Waals surface area contributed by atoms with Gasteiger partial charge >= 0.3 is 0 Å². The fraction of sp³-hybridized carbons (Fsp3) is 0.125. The summed E-state index contributed by atoms with van der Waals surface area (Å²) in [6.45, 7) is 0.549. The molecule has 6 nitrogen and oxygen atoms in total. The first-order valence-electron chi connectivity index (χ1n) is 4.06. The second-order valence-electron chi connectivity index (χ2n) is 2.64. The molecular weight excluding hydrogens is 182 g/mol. The van der Waals surface area contributed by atoms with Gasteiger partial charge in [-0.1, -0.05) is 5.16 Å². The predicted octanol–water partition coefficient (Wildman–Crippen LogP) is 0.659. The average Bonchev–Trinajstić information content (AvgIpc) is 2.67. The zero-order valence-electron chi connectivity index (χ0n) is 7.34. The summed E-state index contributed by atoms with van der Waals surface area (Å²) in [6.07, 6.45) is 3.11. The number of aromatic nitrogens is 3. The topological polar surface area (TPSA) is 89.9 Å². The van der Waals surface area contributed by atoms with Crippen LogP contribution in [-0.2, 0) is 6.54 Å². The first-order chi connectivity index (χ1) is 6.84. The molecule has 0 amide bonds. The van der Waals surface area contributed by atoms with Gasteiger partial charge in [0.15, 0.2) is 0 Å². The van der Waals surface area contributed by atoms with E-state index < -0.39 is 0 Å². The molecule has 72 valence electrons. The van der Waals surface area contributed by atoms with Crippen molar-refractivity contribution < 1.29 is 4.52 Å². The van der Waals surface area contributed by atoms with Crippen molar-refractivity contribution >= 4 is 11.8 Å². The Morgan fingerprint density at radius 1 is 1.43 bits per heavy atom. The Kier molecular flexibility index (Phi) is 2.26. The van der Waals surface area contributed by atoms with Crippen molar-refractivity contribution in [3.8, 4) is 0 Å². The predicted molar refractivity (Wildman–Crippen MR) is 50.3 cm³/mol. The molecule has 0 spiro atoms. The standard InChI is InChI=1S/C8H9N5O/c9-8-10-3-1-7(12-8)11-5-6-2-4-14-13-6/h1-4H,5H2,(H3,9,10,11,12). The Morgan fingerprint density at radius 3 is 3.07 bits per heavy atom. The molecule has 0 aliphatic rings. The molecule has 0 saturated carbocycles. The average molecular weight is 191 g/mol. The summed E-state index contributed by atoms with van der Waals surface area (Å²) in [7, 11) is 0. The second-order valence-corrected chi connectivity index (χ2v) is 2.64. The first kappa shape index (κ1) is 8.49. The van der Waals surface area contributed by atoms with Crippen LogP contribution in [0.3, 0.4) is 0 Å². The van der Waals surface area contributed by atoms with Crippen LogP contribution in [0.4, 0.5) is 11.8 Å². The van der Waals surface area contributed by atoms with Crippen molar-refractivity contribution in [3.63, 3.8) is 0 Å². The van der Waals surface area contributed by atoms with Gasteiger partial charge in [-0.15, -0.1) is 0 Å². The van der Waals surface area contributed by atoms with Gasteiger partial charge in [-0.3, -0.25) is 0 Å². The molecule has 2 rings (SSSR count). The van der Waals surface area contributed by atoms with Crippen LogP contribution in [0.25, 0.3) is 0 Å². The lowest BCUT2D eigenvalue weighted by molar-refractivity contribution is 0.412. The molecule has 0 fully saturated rings. The minimum absolute atomic E-state index is 0.246. The lowest BCUT2D eigenvalue weighted by Crippen LogP contribution is -2.03. The van der Waals surface area contributed by atoms with Crippen molar-refractivity contribution in [1.29, 1.82) is 0 Å². The minimum Gasteiger partial charge on any atom is -0.368 e. The van der Waals surface area contributed by atoms with Crippen LogP contribution >= 0.6 is 0 Å². The number of hydrogen-bond acceptors (Lipinski definition) is 6.